The third-order valence-corrected chi connectivity index (χ3v) is 0.982. The molecule has 0 aromatic heterocycles. The molecule has 0 saturated carbocycles. The third-order valence-electron chi connectivity index (χ3n) is 0.982. The van der Waals surface area contributed by atoms with E-state index >= 15 is 0 Å². The Morgan fingerprint density at radius 1 is 1.64 bits per heavy atom. The predicted octanol–water partition coefficient (Wildman–Crippen LogP) is -1.35. The number of carbonyl (C=O) groups excluding carboxylic acids is 1. The zero-order chi connectivity index (χ0) is 8.53. The van der Waals surface area contributed by atoms with Crippen LogP contribution in [0, 0.1) is 0 Å². The predicted molar refractivity (Wildman–Crippen MR) is 43.1 cm³/mol. The van der Waals surface area contributed by atoms with Crippen molar-refractivity contribution in [3.05, 3.63) is 12.0 Å². The Morgan fingerprint density at radius 3 is 2.82 bits per heavy atom. The second kappa shape index (κ2) is 6.88. The number of aldehydes is 1. The largest absolute Gasteiger partial charge is 0.388 e. The Labute approximate surface area is 66.0 Å². The lowest BCUT2D eigenvalue weighted by molar-refractivity contribution is -0.107. The summed E-state index contributed by atoms with van der Waals surface area (Å²) in [7, 11) is 0. The van der Waals surface area contributed by atoms with Crippen LogP contribution in [0.3, 0.4) is 0 Å². The lowest BCUT2D eigenvalue weighted by Gasteiger charge is -2.06. The van der Waals surface area contributed by atoms with Crippen LogP contribution in [-0.2, 0) is 4.79 Å². The molecule has 0 amide bonds. The summed E-state index contributed by atoms with van der Waals surface area (Å²) in [5.41, 5.74) is 2.40. The fraction of sp³-hybridized carbons (Fsp3) is 0.500. The molecule has 0 heterocycles. The van der Waals surface area contributed by atoms with E-state index in [1.165, 1.54) is 0 Å². The van der Waals surface area contributed by atoms with Crippen molar-refractivity contribution in [1.29, 1.82) is 0 Å². The highest BCUT2D eigenvalue weighted by atomic mass is 16.1. The Bertz CT molecular complexity index is 135. The molecule has 0 spiro atoms. The van der Waals surface area contributed by atoms with E-state index in [0.717, 1.165) is 12.8 Å². The van der Waals surface area contributed by atoms with E-state index in [4.69, 9.17) is 5.84 Å². The van der Waals surface area contributed by atoms with Crippen molar-refractivity contribution < 1.29 is 4.79 Å². The molecular weight excluding hydrogens is 144 g/mol. The molecule has 0 rings (SSSR count). The first kappa shape index (κ1) is 9.77. The molecule has 5 heteroatoms. The molecule has 0 saturated heterocycles. The Kier molecular flexibility index (Phi) is 6.11. The van der Waals surface area contributed by atoms with Crippen LogP contribution < -0.4 is 21.9 Å². The summed E-state index contributed by atoms with van der Waals surface area (Å²) in [5, 5.41) is 5.67. The minimum atomic E-state index is 0.251. The quantitative estimate of drug-likeness (QED) is 0.218. The van der Waals surface area contributed by atoms with Crippen molar-refractivity contribution in [3.8, 4) is 0 Å². The van der Waals surface area contributed by atoms with E-state index in [1.54, 1.807) is 6.20 Å². The highest BCUT2D eigenvalue weighted by Gasteiger charge is 1.88. The summed E-state index contributed by atoms with van der Waals surface area (Å²) in [6.45, 7) is 3.03. The van der Waals surface area contributed by atoms with Crippen molar-refractivity contribution in [3.63, 3.8) is 0 Å². The van der Waals surface area contributed by atoms with Gasteiger partial charge in [0.25, 0.3) is 0 Å². The standard InChI is InChI=1S/C6H14N4O/c1-2-8-5-6(10-7)9-3-4-11/h4-5,8-10H,2-3,7H2,1H3/b6-5-. The summed E-state index contributed by atoms with van der Waals surface area (Å²) >= 11 is 0. The van der Waals surface area contributed by atoms with Gasteiger partial charge in [-0.2, -0.15) is 0 Å². The molecule has 0 aliphatic carbocycles. The van der Waals surface area contributed by atoms with Gasteiger partial charge in [0.15, 0.2) is 0 Å². The Morgan fingerprint density at radius 2 is 2.36 bits per heavy atom. The number of hydrogen-bond donors (Lipinski definition) is 4. The average molecular weight is 158 g/mol. The second-order valence-corrected chi connectivity index (χ2v) is 1.81. The van der Waals surface area contributed by atoms with Crippen LogP contribution in [0.4, 0.5) is 0 Å². The highest BCUT2D eigenvalue weighted by molar-refractivity contribution is 5.52. The van der Waals surface area contributed by atoms with Gasteiger partial charge in [0.1, 0.15) is 12.1 Å². The lowest BCUT2D eigenvalue weighted by atomic mass is 10.6. The normalized spacial score (nSPS) is 10.5. The number of hydrazine groups is 1. The number of hydrogen-bond acceptors (Lipinski definition) is 5. The van der Waals surface area contributed by atoms with Crippen LogP contribution in [0.1, 0.15) is 6.92 Å². The van der Waals surface area contributed by atoms with Gasteiger partial charge >= 0.3 is 0 Å². The number of rotatable bonds is 6. The first-order chi connectivity index (χ1) is 5.35. The van der Waals surface area contributed by atoms with E-state index in [9.17, 15) is 4.79 Å². The fourth-order valence-electron chi connectivity index (χ4n) is 0.499. The van der Waals surface area contributed by atoms with E-state index in [2.05, 4.69) is 16.1 Å². The maximum absolute atomic E-state index is 9.92. The first-order valence-corrected chi connectivity index (χ1v) is 3.42. The zero-order valence-electron chi connectivity index (χ0n) is 6.55. The second-order valence-electron chi connectivity index (χ2n) is 1.81. The van der Waals surface area contributed by atoms with E-state index in [0.29, 0.717) is 5.82 Å². The molecule has 0 aromatic carbocycles. The SMILES string of the molecule is CCN/C=C(\NN)NCC=O. The molecule has 5 N–H and O–H groups in total. The van der Waals surface area contributed by atoms with Crippen molar-refractivity contribution in [2.45, 2.75) is 6.92 Å². The van der Waals surface area contributed by atoms with Gasteiger partial charge in [-0.1, -0.05) is 0 Å². The maximum Gasteiger partial charge on any atom is 0.139 e. The molecule has 5 nitrogen and oxygen atoms in total. The highest BCUT2D eigenvalue weighted by Crippen LogP contribution is 1.74. The van der Waals surface area contributed by atoms with Gasteiger partial charge in [-0.3, -0.25) is 0 Å². The fourth-order valence-corrected chi connectivity index (χ4v) is 0.499. The molecule has 11 heavy (non-hydrogen) atoms. The number of nitrogens with one attached hydrogen (secondary N) is 3. The van der Waals surface area contributed by atoms with Crippen LogP contribution in [0.2, 0.25) is 0 Å². The smallest absolute Gasteiger partial charge is 0.139 e. The van der Waals surface area contributed by atoms with Crippen LogP contribution in [0.5, 0.6) is 0 Å². The third kappa shape index (κ3) is 5.23. The maximum atomic E-state index is 9.92. The number of carbonyl (C=O) groups is 1. The van der Waals surface area contributed by atoms with Crippen LogP contribution in [0.15, 0.2) is 12.0 Å². The van der Waals surface area contributed by atoms with Crippen molar-refractivity contribution >= 4 is 6.29 Å². The molecule has 0 bridgehead atoms. The van der Waals surface area contributed by atoms with Gasteiger partial charge < -0.3 is 20.9 Å². The lowest BCUT2D eigenvalue weighted by Crippen LogP contribution is -2.33. The first-order valence-electron chi connectivity index (χ1n) is 3.42. The molecule has 0 aromatic rings. The molecule has 0 fully saturated rings. The summed E-state index contributed by atoms with van der Waals surface area (Å²) in [6, 6.07) is 0. The average Bonchev–Trinajstić information content (AvgIpc) is 2.05. The van der Waals surface area contributed by atoms with Crippen molar-refractivity contribution in [2.75, 3.05) is 13.1 Å². The van der Waals surface area contributed by atoms with Gasteiger partial charge in [0.05, 0.1) is 6.54 Å². The summed E-state index contributed by atoms with van der Waals surface area (Å²) in [4.78, 5) is 9.92. The molecule has 0 aliphatic rings. The minimum Gasteiger partial charge on any atom is -0.388 e. The monoisotopic (exact) mass is 158 g/mol. The topological polar surface area (TPSA) is 79.2 Å². The van der Waals surface area contributed by atoms with Crippen molar-refractivity contribution in [2.24, 2.45) is 5.84 Å². The molecule has 0 atom stereocenters. The summed E-state index contributed by atoms with van der Waals surface area (Å²) < 4.78 is 0. The Hall–Kier alpha value is -1.23. The minimum absolute atomic E-state index is 0.251. The molecule has 0 radical (unpaired) electrons. The van der Waals surface area contributed by atoms with E-state index < -0.39 is 0 Å². The summed E-state index contributed by atoms with van der Waals surface area (Å²) in [6.07, 6.45) is 2.43. The number of nitrogens with two attached hydrogens (primary N) is 1. The van der Waals surface area contributed by atoms with E-state index in [1.807, 2.05) is 6.92 Å². The van der Waals surface area contributed by atoms with Gasteiger partial charge in [0, 0.05) is 12.7 Å². The summed E-state index contributed by atoms with van der Waals surface area (Å²) in [5.74, 6) is 5.71. The molecule has 0 aliphatic heterocycles. The van der Waals surface area contributed by atoms with Gasteiger partial charge in [-0.15, -0.1) is 0 Å². The van der Waals surface area contributed by atoms with Gasteiger partial charge in [-0.05, 0) is 6.92 Å². The van der Waals surface area contributed by atoms with Crippen LogP contribution >= 0.6 is 0 Å². The van der Waals surface area contributed by atoms with Crippen LogP contribution in [-0.4, -0.2) is 19.4 Å². The van der Waals surface area contributed by atoms with E-state index in [-0.39, 0.29) is 6.54 Å². The zero-order valence-corrected chi connectivity index (χ0v) is 6.55. The molecular formula is C6H14N4O. The molecule has 64 valence electrons. The Balaban J connectivity index is 3.63. The van der Waals surface area contributed by atoms with Gasteiger partial charge in [-0.25, -0.2) is 5.84 Å². The van der Waals surface area contributed by atoms with Gasteiger partial charge in [0.2, 0.25) is 0 Å². The van der Waals surface area contributed by atoms with Crippen molar-refractivity contribution in [1.82, 2.24) is 16.1 Å². The van der Waals surface area contributed by atoms with Crippen LogP contribution in [0.25, 0.3) is 0 Å². The molecule has 0 unspecified atom stereocenters.